The summed E-state index contributed by atoms with van der Waals surface area (Å²) in [7, 11) is 0. The Kier molecular flexibility index (Phi) is 3.32. The second-order valence-corrected chi connectivity index (χ2v) is 5.14. The van der Waals surface area contributed by atoms with Crippen molar-refractivity contribution in [3.05, 3.63) is 23.8 Å². The van der Waals surface area contributed by atoms with E-state index < -0.39 is 0 Å². The number of amides is 1. The fourth-order valence-corrected chi connectivity index (χ4v) is 2.52. The molecule has 4 nitrogen and oxygen atoms in total. The molecule has 19 heavy (non-hydrogen) atoms. The van der Waals surface area contributed by atoms with Gasteiger partial charge < -0.3 is 14.8 Å². The first-order chi connectivity index (χ1) is 9.29. The highest BCUT2D eigenvalue weighted by molar-refractivity contribution is 5.82. The number of hydrogen-bond acceptors (Lipinski definition) is 3. The van der Waals surface area contributed by atoms with Gasteiger partial charge in [-0.25, -0.2) is 0 Å². The number of carbonyl (C=O) groups is 1. The molecule has 1 heterocycles. The molecule has 1 amide bonds. The second-order valence-electron chi connectivity index (χ2n) is 5.14. The van der Waals surface area contributed by atoms with Gasteiger partial charge in [-0.15, -0.1) is 0 Å². The van der Waals surface area contributed by atoms with E-state index in [2.05, 4.69) is 12.2 Å². The van der Waals surface area contributed by atoms with Crippen LogP contribution in [0.15, 0.2) is 18.2 Å². The van der Waals surface area contributed by atoms with Crippen molar-refractivity contribution >= 4 is 5.91 Å². The molecule has 4 heteroatoms. The van der Waals surface area contributed by atoms with E-state index in [1.165, 1.54) is 5.56 Å². The van der Waals surface area contributed by atoms with Crippen LogP contribution in [0.3, 0.4) is 0 Å². The van der Waals surface area contributed by atoms with Crippen LogP contribution in [0.5, 0.6) is 11.5 Å². The van der Waals surface area contributed by atoms with Crippen LogP contribution in [0.2, 0.25) is 0 Å². The van der Waals surface area contributed by atoms with Gasteiger partial charge in [-0.3, -0.25) is 4.79 Å². The largest absolute Gasteiger partial charge is 0.486 e. The van der Waals surface area contributed by atoms with E-state index in [0.29, 0.717) is 19.1 Å². The van der Waals surface area contributed by atoms with E-state index >= 15 is 0 Å². The van der Waals surface area contributed by atoms with E-state index in [-0.39, 0.29) is 11.8 Å². The van der Waals surface area contributed by atoms with Crippen molar-refractivity contribution in [3.63, 3.8) is 0 Å². The normalized spacial score (nSPS) is 23.8. The number of hydrogen-bond donors (Lipinski definition) is 1. The Labute approximate surface area is 113 Å². The topological polar surface area (TPSA) is 47.6 Å². The standard InChI is InChI=1S/C15H19NO3/c1-2-5-16-15(17)12-9-11(12)10-3-4-13-14(8-10)19-7-6-18-13/h3-4,8,11-12H,2,5-7,9H2,1H3,(H,16,17)/t11-,12+/m0/s1. The van der Waals surface area contributed by atoms with Gasteiger partial charge >= 0.3 is 0 Å². The summed E-state index contributed by atoms with van der Waals surface area (Å²) in [5.74, 6) is 2.27. The second kappa shape index (κ2) is 5.11. The summed E-state index contributed by atoms with van der Waals surface area (Å²) in [4.78, 5) is 11.9. The zero-order valence-corrected chi connectivity index (χ0v) is 11.1. The maximum atomic E-state index is 11.9. The molecule has 1 aliphatic carbocycles. The number of fused-ring (bicyclic) bond motifs is 1. The molecule has 1 N–H and O–H groups in total. The van der Waals surface area contributed by atoms with Crippen molar-refractivity contribution in [2.24, 2.45) is 5.92 Å². The third-order valence-electron chi connectivity index (χ3n) is 3.67. The van der Waals surface area contributed by atoms with Crippen LogP contribution >= 0.6 is 0 Å². The number of ether oxygens (including phenoxy) is 2. The number of benzene rings is 1. The molecular weight excluding hydrogens is 242 g/mol. The minimum absolute atomic E-state index is 0.133. The van der Waals surface area contributed by atoms with Gasteiger partial charge in [0.25, 0.3) is 0 Å². The lowest BCUT2D eigenvalue weighted by Gasteiger charge is -2.18. The van der Waals surface area contributed by atoms with Gasteiger partial charge in [-0.2, -0.15) is 0 Å². The average molecular weight is 261 g/mol. The maximum Gasteiger partial charge on any atom is 0.223 e. The molecule has 3 rings (SSSR count). The van der Waals surface area contributed by atoms with Crippen LogP contribution in [0.25, 0.3) is 0 Å². The van der Waals surface area contributed by atoms with E-state index in [1.807, 2.05) is 18.2 Å². The lowest BCUT2D eigenvalue weighted by atomic mass is 10.1. The van der Waals surface area contributed by atoms with Crippen LogP contribution in [-0.2, 0) is 4.79 Å². The first-order valence-corrected chi connectivity index (χ1v) is 6.97. The highest BCUT2D eigenvalue weighted by atomic mass is 16.6. The lowest BCUT2D eigenvalue weighted by molar-refractivity contribution is -0.122. The molecule has 0 unspecified atom stereocenters. The molecule has 1 saturated carbocycles. The van der Waals surface area contributed by atoms with Gasteiger partial charge in [0.2, 0.25) is 5.91 Å². The maximum absolute atomic E-state index is 11.9. The SMILES string of the molecule is CCCNC(=O)[C@@H]1C[C@H]1c1ccc2c(c1)OCCO2. The molecule has 0 radical (unpaired) electrons. The smallest absolute Gasteiger partial charge is 0.223 e. The zero-order chi connectivity index (χ0) is 13.2. The average Bonchev–Trinajstić information content (AvgIpc) is 3.24. The quantitative estimate of drug-likeness (QED) is 0.902. The van der Waals surface area contributed by atoms with Crippen LogP contribution < -0.4 is 14.8 Å². The van der Waals surface area contributed by atoms with Gasteiger partial charge in [0.1, 0.15) is 13.2 Å². The van der Waals surface area contributed by atoms with Gasteiger partial charge in [-0.1, -0.05) is 13.0 Å². The predicted molar refractivity (Wildman–Crippen MR) is 71.6 cm³/mol. The number of carbonyl (C=O) groups excluding carboxylic acids is 1. The third kappa shape index (κ3) is 2.53. The Bertz CT molecular complexity index is 486. The molecule has 1 aromatic rings. The molecule has 102 valence electrons. The van der Waals surface area contributed by atoms with Crippen LogP contribution in [0.4, 0.5) is 0 Å². The van der Waals surface area contributed by atoms with Gasteiger partial charge in [0.15, 0.2) is 11.5 Å². The molecule has 1 fully saturated rings. The molecule has 0 bridgehead atoms. The van der Waals surface area contributed by atoms with Crippen LogP contribution in [-0.4, -0.2) is 25.7 Å². The van der Waals surface area contributed by atoms with Crippen molar-refractivity contribution in [3.8, 4) is 11.5 Å². The van der Waals surface area contributed by atoms with Crippen LogP contribution in [0, 0.1) is 5.92 Å². The predicted octanol–water partition coefficient (Wildman–Crippen LogP) is 2.09. The summed E-state index contributed by atoms with van der Waals surface area (Å²) in [5, 5.41) is 2.96. The third-order valence-corrected chi connectivity index (χ3v) is 3.67. The molecule has 2 aliphatic rings. The zero-order valence-electron chi connectivity index (χ0n) is 11.1. The van der Waals surface area contributed by atoms with Gasteiger partial charge in [0.05, 0.1) is 0 Å². The Balaban J connectivity index is 1.66. The minimum atomic E-state index is 0.133. The summed E-state index contributed by atoms with van der Waals surface area (Å²) in [6.07, 6.45) is 1.92. The number of rotatable bonds is 4. The molecule has 0 aromatic heterocycles. The lowest BCUT2D eigenvalue weighted by Crippen LogP contribution is -2.25. The van der Waals surface area contributed by atoms with E-state index in [0.717, 1.165) is 30.9 Å². The summed E-state index contributed by atoms with van der Waals surface area (Å²) < 4.78 is 11.1. The Morgan fingerprint density at radius 3 is 2.89 bits per heavy atom. The Morgan fingerprint density at radius 2 is 2.11 bits per heavy atom. The van der Waals surface area contributed by atoms with Crippen molar-refractivity contribution in [2.75, 3.05) is 19.8 Å². The van der Waals surface area contributed by atoms with Crippen molar-refractivity contribution in [1.29, 1.82) is 0 Å². The van der Waals surface area contributed by atoms with Crippen molar-refractivity contribution in [1.82, 2.24) is 5.32 Å². The van der Waals surface area contributed by atoms with Crippen molar-refractivity contribution < 1.29 is 14.3 Å². The van der Waals surface area contributed by atoms with E-state index in [1.54, 1.807) is 0 Å². The fourth-order valence-electron chi connectivity index (χ4n) is 2.52. The van der Waals surface area contributed by atoms with Gasteiger partial charge in [0, 0.05) is 12.5 Å². The molecular formula is C15H19NO3. The molecule has 0 saturated heterocycles. The fraction of sp³-hybridized carbons (Fsp3) is 0.533. The summed E-state index contributed by atoms with van der Waals surface area (Å²) >= 11 is 0. The summed E-state index contributed by atoms with van der Waals surface area (Å²) in [5.41, 5.74) is 1.18. The molecule has 0 spiro atoms. The first kappa shape index (κ1) is 12.3. The molecule has 1 aliphatic heterocycles. The monoisotopic (exact) mass is 261 g/mol. The van der Waals surface area contributed by atoms with Crippen LogP contribution in [0.1, 0.15) is 31.2 Å². The van der Waals surface area contributed by atoms with E-state index in [4.69, 9.17) is 9.47 Å². The molecule has 1 aromatic carbocycles. The molecule has 2 atom stereocenters. The van der Waals surface area contributed by atoms with Gasteiger partial charge in [-0.05, 0) is 36.5 Å². The first-order valence-electron chi connectivity index (χ1n) is 6.97. The highest BCUT2D eigenvalue weighted by Crippen LogP contribution is 2.49. The minimum Gasteiger partial charge on any atom is -0.486 e. The summed E-state index contributed by atoms with van der Waals surface area (Å²) in [6, 6.07) is 6.01. The van der Waals surface area contributed by atoms with Crippen molar-refractivity contribution in [2.45, 2.75) is 25.7 Å². The highest BCUT2D eigenvalue weighted by Gasteiger charge is 2.44. The Morgan fingerprint density at radius 1 is 1.32 bits per heavy atom. The van der Waals surface area contributed by atoms with E-state index in [9.17, 15) is 4.79 Å². The summed E-state index contributed by atoms with van der Waals surface area (Å²) in [6.45, 7) is 4.04. The number of nitrogens with one attached hydrogen (secondary N) is 1. The Hall–Kier alpha value is -1.71.